The van der Waals surface area contributed by atoms with E-state index in [1.54, 1.807) is 12.3 Å². The largest absolute Gasteiger partial charge is 0.101 e. The summed E-state index contributed by atoms with van der Waals surface area (Å²) in [7, 11) is 0.789. The minimum atomic E-state index is 0.394. The summed E-state index contributed by atoms with van der Waals surface area (Å²) < 4.78 is 0. The molecule has 0 aliphatic carbocycles. The van der Waals surface area contributed by atoms with E-state index in [9.17, 15) is 0 Å². The minimum Gasteiger partial charge on any atom is -0.101 e. The van der Waals surface area contributed by atoms with Gasteiger partial charge in [0.2, 0.25) is 0 Å². The van der Waals surface area contributed by atoms with Crippen LogP contribution in [0.3, 0.4) is 0 Å². The second-order valence-corrected chi connectivity index (χ2v) is 12.5. The van der Waals surface area contributed by atoms with E-state index >= 15 is 0 Å². The molecular weight excluding hydrogens is 230 g/mol. The maximum absolute atomic E-state index is 2.52. The molecule has 0 saturated carbocycles. The van der Waals surface area contributed by atoms with Crippen LogP contribution in [-0.4, -0.2) is 35.0 Å². The fraction of sp³-hybridized carbons (Fsp3) is 1.00. The Morgan fingerprint density at radius 3 is 1.12 bits per heavy atom. The number of hydrogen-bond acceptors (Lipinski definition) is 0. The van der Waals surface area contributed by atoms with Crippen LogP contribution in [0.2, 0.25) is 0 Å². The average Bonchev–Trinajstić information content (AvgIpc) is 2.72. The summed E-state index contributed by atoms with van der Waals surface area (Å²) in [5, 5.41) is 0. The van der Waals surface area contributed by atoms with E-state index < -0.39 is 0 Å². The molecule has 6 atom stereocenters. The van der Waals surface area contributed by atoms with Crippen molar-refractivity contribution in [3.8, 4) is 0 Å². The lowest BCUT2D eigenvalue weighted by Crippen LogP contribution is -2.08. The van der Waals surface area contributed by atoms with E-state index in [0.29, 0.717) is 15.8 Å². The first-order chi connectivity index (χ1) is 7.59. The third-order valence-corrected chi connectivity index (χ3v) is 12.3. The highest BCUT2D eigenvalue weighted by Crippen LogP contribution is 2.60. The van der Waals surface area contributed by atoms with E-state index in [1.165, 1.54) is 25.7 Å². The molecule has 0 aromatic rings. The van der Waals surface area contributed by atoms with E-state index in [2.05, 4.69) is 27.7 Å². The molecule has 2 heterocycles. The highest BCUT2D eigenvalue weighted by molar-refractivity contribution is 7.63. The van der Waals surface area contributed by atoms with Crippen LogP contribution in [0, 0.1) is 0 Å². The average molecular weight is 258 g/mol. The molecule has 2 rings (SSSR count). The second-order valence-electron chi connectivity index (χ2n) is 6.03. The highest BCUT2D eigenvalue weighted by atomic mass is 31.1. The van der Waals surface area contributed by atoms with Crippen LogP contribution in [-0.2, 0) is 0 Å². The smallest absolute Gasteiger partial charge is 0.0235 e. The lowest BCUT2D eigenvalue weighted by atomic mass is 10.2. The van der Waals surface area contributed by atoms with Crippen LogP contribution in [0.15, 0.2) is 0 Å². The summed E-state index contributed by atoms with van der Waals surface area (Å²) in [6.07, 6.45) is 9.31. The van der Waals surface area contributed by atoms with Crippen LogP contribution < -0.4 is 0 Å². The summed E-state index contributed by atoms with van der Waals surface area (Å²) in [5.74, 6) is 0. The van der Waals surface area contributed by atoms with Gasteiger partial charge in [-0.1, -0.05) is 27.7 Å². The Morgan fingerprint density at radius 1 is 0.625 bits per heavy atom. The Hall–Kier alpha value is 0.860. The summed E-state index contributed by atoms with van der Waals surface area (Å²) in [6.45, 7) is 10.1. The molecule has 0 aromatic heterocycles. The van der Waals surface area contributed by atoms with Crippen molar-refractivity contribution in [2.24, 2.45) is 0 Å². The SMILES string of the molecule is CC1CC[C@H](C)P1CCP1C(C)CC[C@@H]1C. The lowest BCUT2D eigenvalue weighted by Gasteiger charge is -2.26. The Bertz CT molecular complexity index is 185. The molecule has 0 bridgehead atoms. The number of rotatable bonds is 3. The van der Waals surface area contributed by atoms with Gasteiger partial charge >= 0.3 is 0 Å². The van der Waals surface area contributed by atoms with Gasteiger partial charge in [0.05, 0.1) is 0 Å². The summed E-state index contributed by atoms with van der Waals surface area (Å²) in [5.41, 5.74) is 4.31. The first kappa shape index (κ1) is 13.3. The molecule has 2 fully saturated rings. The molecule has 2 aliphatic heterocycles. The molecule has 2 heteroatoms. The van der Waals surface area contributed by atoms with Gasteiger partial charge in [0.25, 0.3) is 0 Å². The van der Waals surface area contributed by atoms with Crippen molar-refractivity contribution in [1.82, 2.24) is 0 Å². The Balaban J connectivity index is 1.82. The fourth-order valence-corrected chi connectivity index (χ4v) is 10.9. The molecule has 0 N–H and O–H groups in total. The van der Waals surface area contributed by atoms with Crippen LogP contribution in [0.4, 0.5) is 0 Å². The van der Waals surface area contributed by atoms with Crippen molar-refractivity contribution in [2.75, 3.05) is 12.3 Å². The Morgan fingerprint density at radius 2 is 0.875 bits per heavy atom. The monoisotopic (exact) mass is 258 g/mol. The van der Waals surface area contributed by atoms with Gasteiger partial charge in [-0.2, -0.15) is 0 Å². The van der Waals surface area contributed by atoms with E-state index in [-0.39, 0.29) is 0 Å². The van der Waals surface area contributed by atoms with Gasteiger partial charge in [0.15, 0.2) is 0 Å². The maximum Gasteiger partial charge on any atom is -0.0235 e. The fourth-order valence-electron chi connectivity index (χ4n) is 3.61. The lowest BCUT2D eigenvalue weighted by molar-refractivity contribution is 0.777. The normalized spacial score (nSPS) is 48.8. The van der Waals surface area contributed by atoms with E-state index in [4.69, 9.17) is 0 Å². The maximum atomic E-state index is 2.52. The van der Waals surface area contributed by atoms with Gasteiger partial charge in [0, 0.05) is 0 Å². The van der Waals surface area contributed by atoms with Crippen LogP contribution in [0.1, 0.15) is 53.4 Å². The van der Waals surface area contributed by atoms with Gasteiger partial charge in [-0.05, 0) is 60.6 Å². The van der Waals surface area contributed by atoms with E-state index in [0.717, 1.165) is 22.6 Å². The molecule has 2 aliphatic rings. The quantitative estimate of drug-likeness (QED) is 0.618. The molecule has 0 nitrogen and oxygen atoms in total. The summed E-state index contributed by atoms with van der Waals surface area (Å²) in [4.78, 5) is 0. The Labute approximate surface area is 104 Å². The highest BCUT2D eigenvalue weighted by Gasteiger charge is 2.33. The molecule has 16 heavy (non-hydrogen) atoms. The first-order valence-electron chi connectivity index (χ1n) is 7.11. The van der Waals surface area contributed by atoms with Gasteiger partial charge in [-0.3, -0.25) is 0 Å². The third kappa shape index (κ3) is 2.81. The van der Waals surface area contributed by atoms with E-state index in [1.807, 2.05) is 0 Å². The van der Waals surface area contributed by atoms with Crippen LogP contribution in [0.25, 0.3) is 0 Å². The van der Waals surface area contributed by atoms with Crippen molar-refractivity contribution in [3.05, 3.63) is 0 Å². The Kier molecular flexibility index (Phi) is 4.71. The molecular formula is C14H28P2. The summed E-state index contributed by atoms with van der Waals surface area (Å²) in [6, 6.07) is 0. The van der Waals surface area contributed by atoms with Gasteiger partial charge in [0.1, 0.15) is 0 Å². The van der Waals surface area contributed by atoms with Crippen molar-refractivity contribution in [3.63, 3.8) is 0 Å². The zero-order valence-electron chi connectivity index (χ0n) is 11.4. The molecule has 0 radical (unpaired) electrons. The topological polar surface area (TPSA) is 0 Å². The zero-order valence-corrected chi connectivity index (χ0v) is 13.2. The van der Waals surface area contributed by atoms with Crippen LogP contribution >= 0.6 is 15.8 Å². The van der Waals surface area contributed by atoms with Gasteiger partial charge in [-0.15, -0.1) is 15.8 Å². The summed E-state index contributed by atoms with van der Waals surface area (Å²) >= 11 is 0. The van der Waals surface area contributed by atoms with Crippen molar-refractivity contribution in [1.29, 1.82) is 0 Å². The predicted octanol–water partition coefficient (Wildman–Crippen LogP) is 5.09. The molecule has 0 aromatic carbocycles. The predicted molar refractivity (Wildman–Crippen MR) is 79.9 cm³/mol. The minimum absolute atomic E-state index is 0.394. The van der Waals surface area contributed by atoms with Gasteiger partial charge < -0.3 is 0 Å². The molecule has 0 amide bonds. The number of hydrogen-bond donors (Lipinski definition) is 0. The molecule has 2 saturated heterocycles. The van der Waals surface area contributed by atoms with Crippen molar-refractivity contribution < 1.29 is 0 Å². The first-order valence-corrected chi connectivity index (χ1v) is 10.4. The third-order valence-electron chi connectivity index (χ3n) is 4.89. The van der Waals surface area contributed by atoms with Gasteiger partial charge in [-0.25, -0.2) is 0 Å². The zero-order chi connectivity index (χ0) is 11.7. The molecule has 94 valence electrons. The standard InChI is InChI=1S/C14H28P2/c1-11-5-6-12(2)15(11)9-10-16-13(3)7-8-14(16)4/h11-14H,5-10H2,1-4H3/t11-,12?,13-,14?,15?,16?/m0/s1. The second kappa shape index (κ2) is 5.67. The van der Waals surface area contributed by atoms with Crippen LogP contribution in [0.5, 0.6) is 0 Å². The molecule has 0 spiro atoms. The van der Waals surface area contributed by atoms with Crippen molar-refractivity contribution in [2.45, 2.75) is 76.0 Å². The van der Waals surface area contributed by atoms with Crippen molar-refractivity contribution >= 4 is 15.8 Å². The molecule has 4 unspecified atom stereocenters.